The van der Waals surface area contributed by atoms with Gasteiger partial charge in [-0.15, -0.1) is 11.3 Å². The number of ether oxygens (including phenoxy) is 1. The first-order chi connectivity index (χ1) is 12.8. The first-order valence-corrected chi connectivity index (χ1v) is 9.66. The van der Waals surface area contributed by atoms with Gasteiger partial charge in [-0.05, 0) is 48.3 Å². The number of fused-ring (bicyclic) bond motifs is 1. The molecule has 142 valence electrons. The van der Waals surface area contributed by atoms with Crippen LogP contribution < -0.4 is 5.32 Å². The van der Waals surface area contributed by atoms with Crippen molar-refractivity contribution in [2.75, 3.05) is 11.9 Å². The van der Waals surface area contributed by atoms with Gasteiger partial charge >= 0.3 is 5.97 Å². The number of hydrogen-bond donors (Lipinski definition) is 1. The first-order valence-electron chi connectivity index (χ1n) is 8.84. The van der Waals surface area contributed by atoms with Crippen LogP contribution in [0.25, 0.3) is 0 Å². The predicted molar refractivity (Wildman–Crippen MR) is 102 cm³/mol. The lowest BCUT2D eigenvalue weighted by Crippen LogP contribution is -2.26. The number of thiophene rings is 1. The van der Waals surface area contributed by atoms with Crippen molar-refractivity contribution in [2.24, 2.45) is 11.3 Å². The quantitative estimate of drug-likeness (QED) is 0.797. The van der Waals surface area contributed by atoms with Gasteiger partial charge < -0.3 is 14.5 Å². The zero-order chi connectivity index (χ0) is 19.6. The Morgan fingerprint density at radius 1 is 1.44 bits per heavy atom. The molecule has 1 amide bonds. The molecule has 0 fully saturated rings. The maximum Gasteiger partial charge on any atom is 0.374 e. The molecule has 0 aromatic carbocycles. The molecule has 1 N–H and O–H groups in total. The molecule has 27 heavy (non-hydrogen) atoms. The summed E-state index contributed by atoms with van der Waals surface area (Å²) in [4.78, 5) is 25.1. The van der Waals surface area contributed by atoms with Gasteiger partial charge in [0.1, 0.15) is 11.1 Å². The van der Waals surface area contributed by atoms with E-state index in [2.05, 4.69) is 32.2 Å². The fourth-order valence-electron chi connectivity index (χ4n) is 3.29. The largest absolute Gasteiger partial charge is 0.457 e. The molecule has 2 aromatic rings. The van der Waals surface area contributed by atoms with Crippen LogP contribution in [0.4, 0.5) is 5.00 Å². The van der Waals surface area contributed by atoms with Crippen LogP contribution in [0.3, 0.4) is 0 Å². The molecule has 2 heterocycles. The number of amides is 1. The van der Waals surface area contributed by atoms with Crippen molar-refractivity contribution in [3.8, 4) is 6.07 Å². The van der Waals surface area contributed by atoms with Crippen LogP contribution in [0.2, 0.25) is 0 Å². The molecule has 1 aliphatic rings. The zero-order valence-corrected chi connectivity index (χ0v) is 16.4. The predicted octanol–water partition coefficient (Wildman–Crippen LogP) is 4.16. The van der Waals surface area contributed by atoms with Crippen LogP contribution >= 0.6 is 11.3 Å². The van der Waals surface area contributed by atoms with Gasteiger partial charge in [0.2, 0.25) is 5.76 Å². The van der Waals surface area contributed by atoms with E-state index in [0.29, 0.717) is 16.5 Å². The van der Waals surface area contributed by atoms with Crippen LogP contribution in [0.5, 0.6) is 0 Å². The molecular formula is C20H22N2O4S. The molecule has 7 heteroatoms. The third-order valence-electron chi connectivity index (χ3n) is 4.91. The number of carbonyl (C=O) groups is 2. The normalized spacial score (nSPS) is 16.3. The molecule has 0 saturated carbocycles. The number of nitrogens with zero attached hydrogens (tertiary/aromatic N) is 1. The number of nitriles is 1. The Labute approximate surface area is 162 Å². The first kappa shape index (κ1) is 19.2. The molecule has 0 aliphatic heterocycles. The summed E-state index contributed by atoms with van der Waals surface area (Å²) < 4.78 is 9.86. The van der Waals surface area contributed by atoms with E-state index in [1.807, 2.05) is 0 Å². The van der Waals surface area contributed by atoms with Crippen molar-refractivity contribution in [2.45, 2.75) is 40.0 Å². The van der Waals surface area contributed by atoms with Gasteiger partial charge in [-0.1, -0.05) is 20.8 Å². The summed E-state index contributed by atoms with van der Waals surface area (Å²) in [5.74, 6) is -0.583. The van der Waals surface area contributed by atoms with Crippen LogP contribution in [0.1, 0.15) is 53.8 Å². The average Bonchev–Trinajstić information content (AvgIpc) is 3.25. The lowest BCUT2D eigenvalue weighted by Gasteiger charge is -2.33. The second kappa shape index (κ2) is 7.57. The smallest absolute Gasteiger partial charge is 0.374 e. The molecule has 6 nitrogen and oxygen atoms in total. The second-order valence-electron chi connectivity index (χ2n) is 7.73. The van der Waals surface area contributed by atoms with E-state index in [-0.39, 0.29) is 11.2 Å². The van der Waals surface area contributed by atoms with Crippen molar-refractivity contribution in [1.82, 2.24) is 0 Å². The molecule has 3 rings (SSSR count). The lowest BCUT2D eigenvalue weighted by atomic mass is 9.72. The van der Waals surface area contributed by atoms with E-state index in [9.17, 15) is 14.9 Å². The number of carbonyl (C=O) groups excluding carboxylic acids is 2. The molecule has 1 atom stereocenters. The Bertz CT molecular complexity index is 884. The van der Waals surface area contributed by atoms with E-state index in [0.717, 1.165) is 24.8 Å². The van der Waals surface area contributed by atoms with Crippen LogP contribution in [-0.2, 0) is 22.4 Å². The maximum absolute atomic E-state index is 12.2. The fraction of sp³-hybridized carbons (Fsp3) is 0.450. The van der Waals surface area contributed by atoms with Crippen LogP contribution in [0.15, 0.2) is 22.8 Å². The maximum atomic E-state index is 12.2. The number of esters is 1. The van der Waals surface area contributed by atoms with Gasteiger partial charge in [-0.3, -0.25) is 4.79 Å². The molecule has 0 unspecified atom stereocenters. The van der Waals surface area contributed by atoms with Gasteiger partial charge in [0, 0.05) is 4.88 Å². The Kier molecular flexibility index (Phi) is 5.38. The molecule has 0 spiro atoms. The van der Waals surface area contributed by atoms with Crippen molar-refractivity contribution in [3.05, 3.63) is 40.2 Å². The minimum Gasteiger partial charge on any atom is -0.457 e. The molecule has 0 radical (unpaired) electrons. The standard InChI is InChI=1S/C20H22N2O4S/c1-20(2,3)12-6-7-13-14(10-21)18(27-16(13)9-12)22-17(23)11-26-19(24)15-5-4-8-25-15/h4-5,8,12H,6-7,9,11H2,1-3H3,(H,22,23)/t12-/m0/s1. The Balaban J connectivity index is 1.67. The minimum atomic E-state index is -0.700. The topological polar surface area (TPSA) is 92.3 Å². The van der Waals surface area contributed by atoms with Crippen molar-refractivity contribution in [1.29, 1.82) is 5.26 Å². The van der Waals surface area contributed by atoms with Gasteiger partial charge in [0.15, 0.2) is 6.61 Å². The SMILES string of the molecule is CC(C)(C)[C@H]1CCc2c(sc(NC(=O)COC(=O)c3ccco3)c2C#N)C1. The van der Waals surface area contributed by atoms with Crippen molar-refractivity contribution in [3.63, 3.8) is 0 Å². The second-order valence-corrected chi connectivity index (χ2v) is 8.83. The summed E-state index contributed by atoms with van der Waals surface area (Å²) in [5.41, 5.74) is 1.79. The summed E-state index contributed by atoms with van der Waals surface area (Å²) in [6.45, 7) is 6.27. The van der Waals surface area contributed by atoms with Crippen LogP contribution in [-0.4, -0.2) is 18.5 Å². The molecule has 0 saturated heterocycles. The van der Waals surface area contributed by atoms with E-state index >= 15 is 0 Å². The molecule has 0 bridgehead atoms. The Hall–Kier alpha value is -2.59. The van der Waals surface area contributed by atoms with Gasteiger partial charge in [-0.2, -0.15) is 5.26 Å². The number of hydrogen-bond acceptors (Lipinski definition) is 6. The monoisotopic (exact) mass is 386 g/mol. The van der Waals surface area contributed by atoms with Gasteiger partial charge in [0.05, 0.1) is 11.8 Å². The number of anilines is 1. The third-order valence-corrected chi connectivity index (χ3v) is 6.08. The van der Waals surface area contributed by atoms with Crippen LogP contribution in [0, 0.1) is 22.7 Å². The summed E-state index contributed by atoms with van der Waals surface area (Å²) in [6.07, 6.45) is 4.16. The highest BCUT2D eigenvalue weighted by Crippen LogP contribution is 2.43. The number of nitrogens with one attached hydrogen (secondary N) is 1. The molecule has 1 aliphatic carbocycles. The zero-order valence-electron chi connectivity index (χ0n) is 15.6. The van der Waals surface area contributed by atoms with E-state index < -0.39 is 18.5 Å². The highest BCUT2D eigenvalue weighted by atomic mass is 32.1. The van der Waals surface area contributed by atoms with Gasteiger partial charge in [-0.25, -0.2) is 4.79 Å². The highest BCUT2D eigenvalue weighted by molar-refractivity contribution is 7.16. The number of rotatable bonds is 4. The summed E-state index contributed by atoms with van der Waals surface area (Å²) >= 11 is 1.45. The van der Waals surface area contributed by atoms with E-state index in [4.69, 9.17) is 9.15 Å². The Morgan fingerprint density at radius 3 is 2.85 bits per heavy atom. The van der Waals surface area contributed by atoms with Crippen molar-refractivity contribution >= 4 is 28.2 Å². The fourth-order valence-corrected chi connectivity index (χ4v) is 4.59. The summed E-state index contributed by atoms with van der Waals surface area (Å²) in [6, 6.07) is 5.25. The average molecular weight is 386 g/mol. The Morgan fingerprint density at radius 2 is 2.22 bits per heavy atom. The summed E-state index contributed by atoms with van der Waals surface area (Å²) in [5, 5.41) is 12.8. The lowest BCUT2D eigenvalue weighted by molar-refractivity contribution is -0.119. The molecule has 2 aromatic heterocycles. The van der Waals surface area contributed by atoms with E-state index in [1.165, 1.54) is 28.5 Å². The molecular weight excluding hydrogens is 364 g/mol. The van der Waals surface area contributed by atoms with Gasteiger partial charge in [0.25, 0.3) is 5.91 Å². The number of furan rings is 1. The highest BCUT2D eigenvalue weighted by Gasteiger charge is 2.32. The third kappa shape index (κ3) is 4.22. The summed E-state index contributed by atoms with van der Waals surface area (Å²) in [7, 11) is 0. The minimum absolute atomic E-state index is 0.0420. The van der Waals surface area contributed by atoms with E-state index in [1.54, 1.807) is 6.07 Å². The van der Waals surface area contributed by atoms with Crippen molar-refractivity contribution < 1.29 is 18.7 Å².